The van der Waals surface area contributed by atoms with Crippen molar-refractivity contribution in [3.63, 3.8) is 0 Å². The average Bonchev–Trinajstić information content (AvgIpc) is 2.97. The molecule has 9 heteroatoms. The lowest BCUT2D eigenvalue weighted by Crippen LogP contribution is -2.26. The van der Waals surface area contributed by atoms with Gasteiger partial charge in [-0.1, -0.05) is 0 Å². The zero-order valence-electron chi connectivity index (χ0n) is 14.7. The molecule has 0 fully saturated rings. The standard InChI is InChI=1S/C17H20N2O5S2/c1-19-9-8-13-14(10-19)25-16(15(13)17(20)24-3)18-26(21,22)12-6-4-11(23-2)5-7-12/h4-7,18H,8-10H2,1-3H3. The highest BCUT2D eigenvalue weighted by molar-refractivity contribution is 7.93. The minimum Gasteiger partial charge on any atom is -0.497 e. The summed E-state index contributed by atoms with van der Waals surface area (Å²) in [6.07, 6.45) is 0.678. The lowest BCUT2D eigenvalue weighted by Gasteiger charge is -2.22. The molecular weight excluding hydrogens is 376 g/mol. The molecule has 0 bridgehead atoms. The van der Waals surface area contributed by atoms with E-state index in [0.717, 1.165) is 17.0 Å². The Morgan fingerprint density at radius 3 is 2.54 bits per heavy atom. The van der Waals surface area contributed by atoms with Crippen LogP contribution in [0.3, 0.4) is 0 Å². The van der Waals surface area contributed by atoms with Crippen molar-refractivity contribution >= 4 is 32.3 Å². The van der Waals surface area contributed by atoms with Crippen LogP contribution in [0.4, 0.5) is 5.00 Å². The summed E-state index contributed by atoms with van der Waals surface area (Å²) in [7, 11) is 0.962. The summed E-state index contributed by atoms with van der Waals surface area (Å²) in [6, 6.07) is 6.06. The van der Waals surface area contributed by atoms with E-state index in [2.05, 4.69) is 9.62 Å². The van der Waals surface area contributed by atoms with Gasteiger partial charge in [0.25, 0.3) is 10.0 Å². The molecule has 0 radical (unpaired) electrons. The molecule has 1 N–H and O–H groups in total. The lowest BCUT2D eigenvalue weighted by atomic mass is 10.0. The summed E-state index contributed by atoms with van der Waals surface area (Å²) in [5, 5.41) is 0.299. The number of likely N-dealkylation sites (N-methyl/N-ethyl adjacent to an activating group) is 1. The highest BCUT2D eigenvalue weighted by Crippen LogP contribution is 2.38. The molecule has 0 amide bonds. The van der Waals surface area contributed by atoms with Gasteiger partial charge in [0.1, 0.15) is 10.8 Å². The third-order valence-corrected chi connectivity index (χ3v) is 6.86. The van der Waals surface area contributed by atoms with Crippen LogP contribution in [0.1, 0.15) is 20.8 Å². The average molecular weight is 396 g/mol. The largest absolute Gasteiger partial charge is 0.497 e. The van der Waals surface area contributed by atoms with Gasteiger partial charge >= 0.3 is 5.97 Å². The Bertz CT molecular complexity index is 919. The number of hydrogen-bond donors (Lipinski definition) is 1. The first-order chi connectivity index (χ1) is 12.4. The van der Waals surface area contributed by atoms with Crippen molar-refractivity contribution in [3.05, 3.63) is 40.3 Å². The van der Waals surface area contributed by atoms with Gasteiger partial charge in [0.2, 0.25) is 0 Å². The van der Waals surface area contributed by atoms with Crippen molar-refractivity contribution in [2.45, 2.75) is 17.9 Å². The van der Waals surface area contributed by atoms with Crippen LogP contribution < -0.4 is 9.46 Å². The fourth-order valence-corrected chi connectivity index (χ4v) is 5.48. The second-order valence-corrected chi connectivity index (χ2v) is 8.76. The van der Waals surface area contributed by atoms with Crippen LogP contribution in [-0.4, -0.2) is 47.1 Å². The Kier molecular flexibility index (Phi) is 5.22. The van der Waals surface area contributed by atoms with Gasteiger partial charge in [0.15, 0.2) is 0 Å². The molecule has 0 saturated carbocycles. The monoisotopic (exact) mass is 396 g/mol. The zero-order chi connectivity index (χ0) is 18.9. The predicted octanol–water partition coefficient (Wildman–Crippen LogP) is 2.33. The van der Waals surface area contributed by atoms with Gasteiger partial charge in [-0.25, -0.2) is 13.2 Å². The number of thiophene rings is 1. The number of fused-ring (bicyclic) bond motifs is 1. The van der Waals surface area contributed by atoms with Gasteiger partial charge in [-0.3, -0.25) is 4.72 Å². The number of benzene rings is 1. The summed E-state index contributed by atoms with van der Waals surface area (Å²) in [6.45, 7) is 1.48. The highest BCUT2D eigenvalue weighted by Gasteiger charge is 2.29. The van der Waals surface area contributed by atoms with Crippen molar-refractivity contribution in [3.8, 4) is 5.75 Å². The summed E-state index contributed by atoms with van der Waals surface area (Å²) < 4.78 is 38.0. The summed E-state index contributed by atoms with van der Waals surface area (Å²) in [5.41, 5.74) is 1.19. The topological polar surface area (TPSA) is 84.9 Å². The van der Waals surface area contributed by atoms with Crippen molar-refractivity contribution in [1.29, 1.82) is 0 Å². The number of carbonyl (C=O) groups is 1. The number of anilines is 1. The van der Waals surface area contributed by atoms with E-state index in [9.17, 15) is 13.2 Å². The first-order valence-corrected chi connectivity index (χ1v) is 10.2. The molecule has 7 nitrogen and oxygen atoms in total. The van der Waals surface area contributed by atoms with Crippen molar-refractivity contribution in [2.24, 2.45) is 0 Å². The van der Waals surface area contributed by atoms with Gasteiger partial charge in [0.05, 0.1) is 24.7 Å². The van der Waals surface area contributed by atoms with Crippen LogP contribution in [0.15, 0.2) is 29.2 Å². The van der Waals surface area contributed by atoms with Crippen molar-refractivity contribution in [2.75, 3.05) is 32.5 Å². The minimum absolute atomic E-state index is 0.0950. The van der Waals surface area contributed by atoms with E-state index >= 15 is 0 Å². The zero-order valence-corrected chi connectivity index (χ0v) is 16.4. The molecule has 0 unspecified atom stereocenters. The highest BCUT2D eigenvalue weighted by atomic mass is 32.2. The van der Waals surface area contributed by atoms with E-state index in [1.165, 1.54) is 37.7 Å². The first-order valence-electron chi connectivity index (χ1n) is 7.94. The van der Waals surface area contributed by atoms with Crippen LogP contribution in [0, 0.1) is 0 Å². The van der Waals surface area contributed by atoms with Crippen LogP contribution in [-0.2, 0) is 27.7 Å². The number of nitrogens with one attached hydrogen (secondary N) is 1. The second-order valence-electron chi connectivity index (χ2n) is 5.97. The van der Waals surface area contributed by atoms with Gasteiger partial charge in [-0.2, -0.15) is 0 Å². The van der Waals surface area contributed by atoms with Gasteiger partial charge < -0.3 is 14.4 Å². The third-order valence-electron chi connectivity index (χ3n) is 4.23. The Balaban J connectivity index is 1.99. The van der Waals surface area contributed by atoms with Crippen LogP contribution in [0.2, 0.25) is 0 Å². The molecule has 2 heterocycles. The summed E-state index contributed by atoms with van der Waals surface area (Å²) >= 11 is 1.28. The van der Waals surface area contributed by atoms with Crippen LogP contribution in [0.25, 0.3) is 0 Å². The van der Waals surface area contributed by atoms with Gasteiger partial charge in [-0.05, 0) is 43.3 Å². The fraction of sp³-hybridized carbons (Fsp3) is 0.353. The van der Waals surface area contributed by atoms with E-state index in [-0.39, 0.29) is 4.90 Å². The van der Waals surface area contributed by atoms with E-state index in [4.69, 9.17) is 9.47 Å². The maximum atomic E-state index is 12.7. The van der Waals surface area contributed by atoms with Crippen molar-refractivity contribution < 1.29 is 22.7 Å². The van der Waals surface area contributed by atoms with Crippen LogP contribution in [0.5, 0.6) is 5.75 Å². The molecule has 26 heavy (non-hydrogen) atoms. The molecule has 0 spiro atoms. The lowest BCUT2D eigenvalue weighted by molar-refractivity contribution is 0.0600. The number of ether oxygens (including phenoxy) is 2. The maximum Gasteiger partial charge on any atom is 0.341 e. The number of hydrogen-bond acceptors (Lipinski definition) is 7. The van der Waals surface area contributed by atoms with E-state index in [1.54, 1.807) is 12.1 Å². The van der Waals surface area contributed by atoms with E-state index < -0.39 is 16.0 Å². The molecule has 0 aliphatic carbocycles. The molecule has 1 aliphatic rings. The molecule has 3 rings (SSSR count). The Labute approximate surface area is 156 Å². The van der Waals surface area contributed by atoms with Gasteiger partial charge in [0, 0.05) is 18.0 Å². The summed E-state index contributed by atoms with van der Waals surface area (Å²) in [4.78, 5) is 15.5. The number of sulfonamides is 1. The van der Waals surface area contributed by atoms with Crippen molar-refractivity contribution in [1.82, 2.24) is 4.90 Å². The molecule has 1 aromatic heterocycles. The number of esters is 1. The second kappa shape index (κ2) is 7.26. The molecule has 2 aromatic rings. The maximum absolute atomic E-state index is 12.7. The fourth-order valence-electron chi connectivity index (χ4n) is 2.86. The van der Waals surface area contributed by atoms with E-state index in [1.807, 2.05) is 7.05 Å². The molecular formula is C17H20N2O5S2. The predicted molar refractivity (Wildman–Crippen MR) is 99.5 cm³/mol. The van der Waals surface area contributed by atoms with E-state index in [0.29, 0.717) is 29.3 Å². The molecule has 0 saturated heterocycles. The SMILES string of the molecule is COC(=O)c1c(NS(=O)(=O)c2ccc(OC)cc2)sc2c1CCN(C)C2. The van der Waals surface area contributed by atoms with Gasteiger partial charge in [-0.15, -0.1) is 11.3 Å². The third kappa shape index (κ3) is 3.55. The number of carbonyl (C=O) groups excluding carboxylic acids is 1. The number of methoxy groups -OCH3 is 2. The smallest absolute Gasteiger partial charge is 0.341 e. The van der Waals surface area contributed by atoms with Crippen LogP contribution >= 0.6 is 11.3 Å². The molecule has 140 valence electrons. The summed E-state index contributed by atoms with van der Waals surface area (Å²) in [5.74, 6) is 0.0355. The molecule has 1 aliphatic heterocycles. The number of rotatable bonds is 5. The first kappa shape index (κ1) is 18.7. The molecule has 0 atom stereocenters. The number of nitrogens with zero attached hydrogens (tertiary/aromatic N) is 1. The normalized spacial score (nSPS) is 14.6. The Morgan fingerprint density at radius 1 is 1.23 bits per heavy atom. The Hall–Kier alpha value is -2.10. The minimum atomic E-state index is -3.83. The molecule has 1 aromatic carbocycles. The Morgan fingerprint density at radius 2 is 1.92 bits per heavy atom. The quantitative estimate of drug-likeness (QED) is 0.781.